The Kier molecular flexibility index (Phi) is 3.68. The normalized spacial score (nSPS) is 10.7. The molecule has 2 heterocycles. The van der Waals surface area contributed by atoms with Crippen LogP contribution in [0, 0.1) is 13.8 Å². The molecule has 0 aliphatic carbocycles. The van der Waals surface area contributed by atoms with Crippen molar-refractivity contribution in [3.63, 3.8) is 0 Å². The van der Waals surface area contributed by atoms with Crippen molar-refractivity contribution in [2.45, 2.75) is 13.8 Å². The summed E-state index contributed by atoms with van der Waals surface area (Å²) in [5.74, 6) is 0.268. The number of halogens is 1. The van der Waals surface area contributed by atoms with Crippen LogP contribution in [0.1, 0.15) is 11.1 Å². The van der Waals surface area contributed by atoms with Gasteiger partial charge in [0.15, 0.2) is 5.65 Å². The predicted molar refractivity (Wildman–Crippen MR) is 86.6 cm³/mol. The molecular weight excluding hydrogens is 302 g/mol. The van der Waals surface area contributed by atoms with Gasteiger partial charge in [0.1, 0.15) is 5.15 Å². The lowest BCUT2D eigenvalue weighted by atomic mass is 10.1. The first kappa shape index (κ1) is 14.3. The highest BCUT2D eigenvalue weighted by atomic mass is 35.5. The summed E-state index contributed by atoms with van der Waals surface area (Å²) in [6.45, 7) is 3.87. The number of hydrogen-bond donors (Lipinski definition) is 2. The van der Waals surface area contributed by atoms with Crippen molar-refractivity contribution < 1.29 is 4.79 Å². The van der Waals surface area contributed by atoms with Crippen LogP contribution in [-0.2, 0) is 0 Å². The van der Waals surface area contributed by atoms with Crippen LogP contribution >= 0.6 is 11.6 Å². The Morgan fingerprint density at radius 3 is 2.45 bits per heavy atom. The van der Waals surface area contributed by atoms with Gasteiger partial charge in [-0.3, -0.25) is 9.72 Å². The van der Waals surface area contributed by atoms with Gasteiger partial charge in [0.25, 0.3) is 0 Å². The fourth-order valence-electron chi connectivity index (χ4n) is 2.24. The average Bonchev–Trinajstić information content (AvgIpc) is 2.87. The number of carbonyl (C=O) groups excluding carboxylic acids is 1. The van der Waals surface area contributed by atoms with Crippen LogP contribution in [0.5, 0.6) is 0 Å². The molecule has 3 rings (SSSR count). The number of carbonyl (C=O) groups is 1. The Bertz CT molecular complexity index is 838. The second kappa shape index (κ2) is 5.65. The van der Waals surface area contributed by atoms with Crippen molar-refractivity contribution in [3.05, 3.63) is 52.7 Å². The van der Waals surface area contributed by atoms with E-state index in [-0.39, 0.29) is 5.95 Å². The van der Waals surface area contributed by atoms with Gasteiger partial charge in [-0.1, -0.05) is 35.9 Å². The van der Waals surface area contributed by atoms with E-state index in [9.17, 15) is 4.79 Å². The lowest BCUT2D eigenvalue weighted by molar-refractivity contribution is 0.262. The number of amides is 2. The summed E-state index contributed by atoms with van der Waals surface area (Å²) in [5.41, 5.74) is 3.31. The topological polar surface area (TPSA) is 71.3 Å². The number of aromatic nitrogens is 3. The van der Waals surface area contributed by atoms with Gasteiger partial charge in [0.05, 0.1) is 0 Å². The number of rotatable bonds is 2. The van der Waals surface area contributed by atoms with E-state index in [1.807, 2.05) is 32.0 Å². The molecule has 6 nitrogen and oxygen atoms in total. The number of urea groups is 1. The summed E-state index contributed by atoms with van der Waals surface area (Å²) in [6, 6.07) is 10.6. The van der Waals surface area contributed by atoms with E-state index in [1.165, 1.54) is 0 Å². The van der Waals surface area contributed by atoms with Gasteiger partial charge in [-0.2, -0.15) is 0 Å². The molecule has 2 aromatic heterocycles. The van der Waals surface area contributed by atoms with E-state index in [2.05, 4.69) is 20.8 Å². The molecule has 0 atom stereocenters. The van der Waals surface area contributed by atoms with Crippen molar-refractivity contribution in [2.24, 2.45) is 0 Å². The number of hydrogen-bond acceptors (Lipinski definition) is 3. The monoisotopic (exact) mass is 315 g/mol. The smallest absolute Gasteiger partial charge is 0.307 e. The van der Waals surface area contributed by atoms with E-state index in [4.69, 9.17) is 11.6 Å². The minimum absolute atomic E-state index is 0.268. The number of pyridine rings is 1. The van der Waals surface area contributed by atoms with Gasteiger partial charge in [-0.25, -0.2) is 4.79 Å². The van der Waals surface area contributed by atoms with Gasteiger partial charge in [-0.05, 0) is 37.1 Å². The van der Waals surface area contributed by atoms with Crippen molar-refractivity contribution in [2.75, 3.05) is 10.6 Å². The Morgan fingerprint density at radius 2 is 1.73 bits per heavy atom. The fraction of sp³-hybridized carbons (Fsp3) is 0.133. The lowest BCUT2D eigenvalue weighted by Gasteiger charge is -2.11. The number of para-hydroxylation sites is 1. The van der Waals surface area contributed by atoms with Crippen LogP contribution in [0.25, 0.3) is 5.65 Å². The van der Waals surface area contributed by atoms with E-state index in [0.29, 0.717) is 10.8 Å². The molecule has 0 unspecified atom stereocenters. The molecule has 1 aromatic carbocycles. The Labute approximate surface area is 132 Å². The molecule has 22 heavy (non-hydrogen) atoms. The van der Waals surface area contributed by atoms with E-state index in [0.717, 1.165) is 16.8 Å². The minimum atomic E-state index is -0.397. The van der Waals surface area contributed by atoms with Gasteiger partial charge in [-0.15, -0.1) is 10.2 Å². The Hall–Kier alpha value is -2.60. The van der Waals surface area contributed by atoms with Crippen molar-refractivity contribution >= 4 is 34.9 Å². The van der Waals surface area contributed by atoms with Crippen LogP contribution in [0.15, 0.2) is 36.4 Å². The second-order valence-corrected chi connectivity index (χ2v) is 5.30. The van der Waals surface area contributed by atoms with Crippen LogP contribution in [0.3, 0.4) is 0 Å². The summed E-state index contributed by atoms with van der Waals surface area (Å²) < 4.78 is 1.56. The molecule has 0 fully saturated rings. The van der Waals surface area contributed by atoms with Gasteiger partial charge < -0.3 is 5.32 Å². The molecule has 2 amide bonds. The van der Waals surface area contributed by atoms with Crippen LogP contribution in [0.2, 0.25) is 5.15 Å². The number of nitrogens with one attached hydrogen (secondary N) is 2. The maximum atomic E-state index is 12.2. The number of benzene rings is 1. The zero-order valence-electron chi connectivity index (χ0n) is 12.1. The van der Waals surface area contributed by atoms with Gasteiger partial charge in [0, 0.05) is 5.69 Å². The molecule has 112 valence electrons. The van der Waals surface area contributed by atoms with E-state index >= 15 is 0 Å². The highest BCUT2D eigenvalue weighted by Gasteiger charge is 2.12. The van der Waals surface area contributed by atoms with Crippen molar-refractivity contribution in [1.82, 2.24) is 14.6 Å². The number of anilines is 2. The minimum Gasteiger partial charge on any atom is -0.307 e. The van der Waals surface area contributed by atoms with E-state index < -0.39 is 6.03 Å². The molecule has 0 aliphatic heterocycles. The third-order valence-corrected chi connectivity index (χ3v) is 3.62. The quantitative estimate of drug-likeness (QED) is 0.709. The van der Waals surface area contributed by atoms with Crippen LogP contribution in [0.4, 0.5) is 16.4 Å². The molecule has 0 spiro atoms. The molecule has 2 N–H and O–H groups in total. The number of aryl methyl sites for hydroxylation is 2. The molecule has 0 saturated carbocycles. The van der Waals surface area contributed by atoms with Crippen molar-refractivity contribution in [3.8, 4) is 0 Å². The highest BCUT2D eigenvalue weighted by molar-refractivity contribution is 6.30. The van der Waals surface area contributed by atoms with Gasteiger partial charge in [0.2, 0.25) is 5.95 Å². The van der Waals surface area contributed by atoms with Gasteiger partial charge >= 0.3 is 6.03 Å². The molecule has 7 heteroatoms. The van der Waals surface area contributed by atoms with Crippen LogP contribution < -0.4 is 10.6 Å². The molecule has 0 bridgehead atoms. The maximum Gasteiger partial charge on any atom is 0.326 e. The number of nitrogens with zero attached hydrogens (tertiary/aromatic N) is 3. The summed E-state index contributed by atoms with van der Waals surface area (Å²) in [7, 11) is 0. The third-order valence-electron chi connectivity index (χ3n) is 3.33. The fourth-order valence-corrected chi connectivity index (χ4v) is 2.48. The molecular formula is C15H14ClN5O. The zero-order chi connectivity index (χ0) is 15.7. The first-order valence-electron chi connectivity index (χ1n) is 6.70. The van der Waals surface area contributed by atoms with Crippen molar-refractivity contribution in [1.29, 1.82) is 0 Å². The summed E-state index contributed by atoms with van der Waals surface area (Å²) in [4.78, 5) is 12.2. The molecule has 0 aliphatic rings. The number of fused-ring (bicyclic) bond motifs is 1. The van der Waals surface area contributed by atoms with Crippen LogP contribution in [-0.4, -0.2) is 20.6 Å². The predicted octanol–water partition coefficient (Wildman–Crippen LogP) is 3.64. The summed E-state index contributed by atoms with van der Waals surface area (Å²) in [5, 5.41) is 13.8. The highest BCUT2D eigenvalue weighted by Crippen LogP contribution is 2.20. The maximum absolute atomic E-state index is 12.2. The van der Waals surface area contributed by atoms with E-state index in [1.54, 1.807) is 22.6 Å². The molecule has 0 radical (unpaired) electrons. The Morgan fingerprint density at radius 1 is 1.05 bits per heavy atom. The first-order valence-corrected chi connectivity index (χ1v) is 7.08. The SMILES string of the molecule is Cc1cccc(C)c1NC(=O)Nc1nnc2cccc(Cl)n12. The first-order chi connectivity index (χ1) is 10.6. The Balaban J connectivity index is 1.85. The third kappa shape index (κ3) is 2.60. The lowest BCUT2D eigenvalue weighted by Crippen LogP contribution is -2.22. The molecule has 3 aromatic rings. The summed E-state index contributed by atoms with van der Waals surface area (Å²) in [6.07, 6.45) is 0. The largest absolute Gasteiger partial charge is 0.326 e. The average molecular weight is 316 g/mol. The second-order valence-electron chi connectivity index (χ2n) is 4.91. The standard InChI is InChI=1S/C15H14ClN5O/c1-9-5-3-6-10(2)13(9)17-15(22)18-14-20-19-12-8-4-7-11(16)21(12)14/h3-8H,1-2H3,(H2,17,18,20,22). The molecule has 0 saturated heterocycles. The summed E-state index contributed by atoms with van der Waals surface area (Å²) >= 11 is 6.11. The zero-order valence-corrected chi connectivity index (χ0v) is 12.8.